The predicted octanol–water partition coefficient (Wildman–Crippen LogP) is 4.18. The molecule has 5 heteroatoms. The van der Waals surface area contributed by atoms with Gasteiger partial charge in [-0.05, 0) is 51.2 Å². The number of nitrogens with zero attached hydrogens (tertiary/aromatic N) is 2. The minimum absolute atomic E-state index is 0.212. The monoisotopic (exact) mass is 345 g/mol. The minimum Gasteiger partial charge on any atom is -0.382 e. The van der Waals surface area contributed by atoms with Gasteiger partial charge in [0.05, 0.1) is 17.4 Å². The maximum atomic E-state index is 12.4. The van der Waals surface area contributed by atoms with Gasteiger partial charge < -0.3 is 5.32 Å². The first-order valence-corrected chi connectivity index (χ1v) is 8.85. The van der Waals surface area contributed by atoms with Crippen molar-refractivity contribution in [3.05, 3.63) is 57.0 Å². The van der Waals surface area contributed by atoms with Crippen molar-refractivity contribution in [1.29, 1.82) is 0 Å². The topological polar surface area (TPSA) is 46.9 Å². The number of aromatic nitrogens is 2. The van der Waals surface area contributed by atoms with Gasteiger partial charge in [0, 0.05) is 12.5 Å². The first-order valence-electron chi connectivity index (χ1n) is 8.48. The second-order valence-corrected chi connectivity index (χ2v) is 7.81. The molecule has 24 heavy (non-hydrogen) atoms. The molecule has 1 N–H and O–H groups in total. The van der Waals surface area contributed by atoms with E-state index in [9.17, 15) is 4.79 Å². The van der Waals surface area contributed by atoms with Crippen molar-refractivity contribution in [3.8, 4) is 0 Å². The molecule has 0 fully saturated rings. The highest BCUT2D eigenvalue weighted by Gasteiger charge is 2.22. The van der Waals surface area contributed by atoms with E-state index in [1.165, 1.54) is 22.2 Å². The quantitative estimate of drug-likeness (QED) is 0.907. The van der Waals surface area contributed by atoms with E-state index in [1.807, 2.05) is 20.8 Å². The van der Waals surface area contributed by atoms with Crippen LogP contribution in [0.5, 0.6) is 0 Å². The normalized spacial score (nSPS) is 17.4. The van der Waals surface area contributed by atoms with Gasteiger partial charge in [0.25, 0.3) is 5.56 Å². The number of fused-ring (bicyclic) bond motifs is 1. The van der Waals surface area contributed by atoms with Gasteiger partial charge in [-0.1, -0.05) is 35.9 Å². The first-order chi connectivity index (χ1) is 11.4. The zero-order valence-electron chi connectivity index (χ0n) is 14.5. The van der Waals surface area contributed by atoms with Crippen LogP contribution in [-0.4, -0.2) is 16.3 Å². The van der Waals surface area contributed by atoms with Crippen LogP contribution >= 0.6 is 11.6 Å². The fourth-order valence-electron chi connectivity index (χ4n) is 3.33. The SMILES string of the molecule is CC(C)(C)n1ncc(NC[C@@H]2CCCc3ccccc32)c(Cl)c1=O. The van der Waals surface area contributed by atoms with Crippen LogP contribution in [0, 0.1) is 0 Å². The Labute approximate surface area is 147 Å². The summed E-state index contributed by atoms with van der Waals surface area (Å²) in [5, 5.41) is 7.82. The van der Waals surface area contributed by atoms with Crippen LogP contribution in [-0.2, 0) is 12.0 Å². The van der Waals surface area contributed by atoms with Crippen molar-refractivity contribution >= 4 is 17.3 Å². The summed E-state index contributed by atoms with van der Waals surface area (Å²) in [6, 6.07) is 8.61. The van der Waals surface area contributed by atoms with Gasteiger partial charge in [0.1, 0.15) is 5.02 Å². The number of anilines is 1. The fourth-order valence-corrected chi connectivity index (χ4v) is 3.53. The molecule has 2 aromatic rings. The molecule has 0 bridgehead atoms. The Morgan fingerprint density at radius 3 is 2.83 bits per heavy atom. The molecule has 1 atom stereocenters. The molecule has 0 radical (unpaired) electrons. The van der Waals surface area contributed by atoms with Crippen molar-refractivity contribution in [2.75, 3.05) is 11.9 Å². The lowest BCUT2D eigenvalue weighted by molar-refractivity contribution is 0.338. The van der Waals surface area contributed by atoms with E-state index >= 15 is 0 Å². The first kappa shape index (κ1) is 17.0. The second kappa shape index (κ2) is 6.60. The smallest absolute Gasteiger partial charge is 0.288 e. The third-order valence-electron chi connectivity index (χ3n) is 4.59. The zero-order chi connectivity index (χ0) is 17.3. The molecule has 4 nitrogen and oxygen atoms in total. The Bertz CT molecular complexity index is 792. The highest BCUT2D eigenvalue weighted by atomic mass is 35.5. The number of benzene rings is 1. The molecule has 1 aromatic carbocycles. The van der Waals surface area contributed by atoms with E-state index in [0.717, 1.165) is 19.4 Å². The Kier molecular flexibility index (Phi) is 4.68. The highest BCUT2D eigenvalue weighted by molar-refractivity contribution is 6.32. The Hall–Kier alpha value is -1.81. The summed E-state index contributed by atoms with van der Waals surface area (Å²) in [6.45, 7) is 6.56. The van der Waals surface area contributed by atoms with Gasteiger partial charge in [-0.25, -0.2) is 4.68 Å². The molecule has 1 heterocycles. The van der Waals surface area contributed by atoms with Crippen LogP contribution in [0.3, 0.4) is 0 Å². The van der Waals surface area contributed by atoms with Crippen molar-refractivity contribution in [1.82, 2.24) is 9.78 Å². The number of aryl methyl sites for hydroxylation is 1. The Balaban J connectivity index is 1.79. The summed E-state index contributed by atoms with van der Waals surface area (Å²) in [5.74, 6) is 0.441. The van der Waals surface area contributed by atoms with E-state index in [-0.39, 0.29) is 16.1 Å². The van der Waals surface area contributed by atoms with E-state index in [2.05, 4.69) is 34.7 Å². The average molecular weight is 346 g/mol. The molecule has 0 saturated heterocycles. The molecular formula is C19H24ClN3O. The van der Waals surface area contributed by atoms with Gasteiger partial charge in [-0.2, -0.15) is 5.10 Å². The summed E-state index contributed by atoms with van der Waals surface area (Å²) in [5.41, 5.74) is 2.82. The van der Waals surface area contributed by atoms with Crippen molar-refractivity contribution < 1.29 is 0 Å². The van der Waals surface area contributed by atoms with Crippen LogP contribution < -0.4 is 10.9 Å². The molecule has 1 aliphatic carbocycles. The number of hydrogen-bond donors (Lipinski definition) is 1. The average Bonchev–Trinajstić information content (AvgIpc) is 2.55. The van der Waals surface area contributed by atoms with Gasteiger partial charge in [0.2, 0.25) is 0 Å². The van der Waals surface area contributed by atoms with Crippen LogP contribution in [0.1, 0.15) is 50.7 Å². The van der Waals surface area contributed by atoms with Crippen molar-refractivity contribution in [2.24, 2.45) is 0 Å². The van der Waals surface area contributed by atoms with E-state index in [0.29, 0.717) is 11.6 Å². The summed E-state index contributed by atoms with van der Waals surface area (Å²) < 4.78 is 1.43. The predicted molar refractivity (Wildman–Crippen MR) is 99.1 cm³/mol. The van der Waals surface area contributed by atoms with Crippen LogP contribution in [0.15, 0.2) is 35.3 Å². The van der Waals surface area contributed by atoms with Gasteiger partial charge in [-0.3, -0.25) is 4.79 Å². The van der Waals surface area contributed by atoms with Crippen LogP contribution in [0.25, 0.3) is 0 Å². The molecule has 0 unspecified atom stereocenters. The minimum atomic E-state index is -0.387. The molecule has 3 rings (SSSR count). The van der Waals surface area contributed by atoms with Crippen LogP contribution in [0.2, 0.25) is 5.02 Å². The van der Waals surface area contributed by atoms with Gasteiger partial charge in [-0.15, -0.1) is 0 Å². The third-order valence-corrected chi connectivity index (χ3v) is 4.95. The number of nitrogens with one attached hydrogen (secondary N) is 1. The fraction of sp³-hybridized carbons (Fsp3) is 0.474. The van der Waals surface area contributed by atoms with Gasteiger partial charge >= 0.3 is 0 Å². The van der Waals surface area contributed by atoms with E-state index < -0.39 is 0 Å². The largest absolute Gasteiger partial charge is 0.382 e. The van der Waals surface area contributed by atoms with E-state index in [4.69, 9.17) is 11.6 Å². The highest BCUT2D eigenvalue weighted by Crippen LogP contribution is 2.32. The van der Waals surface area contributed by atoms with Crippen molar-refractivity contribution in [2.45, 2.75) is 51.5 Å². The molecule has 1 aliphatic rings. The Morgan fingerprint density at radius 2 is 2.08 bits per heavy atom. The lowest BCUT2D eigenvalue weighted by Gasteiger charge is -2.26. The number of halogens is 1. The molecule has 0 amide bonds. The molecule has 1 aromatic heterocycles. The maximum absolute atomic E-state index is 12.4. The third kappa shape index (κ3) is 3.34. The lowest BCUT2D eigenvalue weighted by Crippen LogP contribution is -2.36. The Morgan fingerprint density at radius 1 is 1.33 bits per heavy atom. The number of hydrogen-bond acceptors (Lipinski definition) is 3. The molecule has 0 aliphatic heterocycles. The second-order valence-electron chi connectivity index (χ2n) is 7.43. The maximum Gasteiger partial charge on any atom is 0.288 e. The standard InChI is InChI=1S/C19H24ClN3O/c1-19(2,3)23-18(24)17(20)16(12-22-23)21-11-14-9-6-8-13-7-4-5-10-15(13)14/h4-5,7,10,12,14,21H,6,8-9,11H2,1-3H3/t14-/m0/s1. The molecule has 128 valence electrons. The zero-order valence-corrected chi connectivity index (χ0v) is 15.2. The summed E-state index contributed by atoms with van der Waals surface area (Å²) >= 11 is 6.29. The summed E-state index contributed by atoms with van der Waals surface area (Å²) in [7, 11) is 0. The molecular weight excluding hydrogens is 322 g/mol. The molecule has 0 saturated carbocycles. The van der Waals surface area contributed by atoms with Gasteiger partial charge in [0.15, 0.2) is 0 Å². The van der Waals surface area contributed by atoms with Crippen LogP contribution in [0.4, 0.5) is 5.69 Å². The van der Waals surface area contributed by atoms with E-state index in [1.54, 1.807) is 6.20 Å². The lowest BCUT2D eigenvalue weighted by atomic mass is 9.83. The summed E-state index contributed by atoms with van der Waals surface area (Å²) in [6.07, 6.45) is 5.15. The van der Waals surface area contributed by atoms with Crippen molar-refractivity contribution in [3.63, 3.8) is 0 Å². The summed E-state index contributed by atoms with van der Waals surface area (Å²) in [4.78, 5) is 12.4. The number of rotatable bonds is 3. The molecule has 0 spiro atoms.